The van der Waals surface area contributed by atoms with Crippen LogP contribution in [-0.4, -0.2) is 31.9 Å². The van der Waals surface area contributed by atoms with Crippen LogP contribution in [0.25, 0.3) is 27.8 Å². The number of nitrogens with zero attached hydrogens (tertiary/aromatic N) is 4. The number of benzene rings is 1. The van der Waals surface area contributed by atoms with Crippen LogP contribution in [0.2, 0.25) is 5.02 Å². The number of aromatic amines is 1. The highest BCUT2D eigenvalue weighted by Gasteiger charge is 2.19. The lowest BCUT2D eigenvalue weighted by atomic mass is 10.1. The SMILES string of the molecule is COc1ccc2nc(C(F)F)nn2c1-c1cc(Cl)c2[nH]ncc2c1. The first kappa shape index (κ1) is 14.8. The molecule has 0 saturated heterocycles. The van der Waals surface area contributed by atoms with E-state index < -0.39 is 12.2 Å². The number of H-pyrrole nitrogens is 1. The van der Waals surface area contributed by atoms with Gasteiger partial charge >= 0.3 is 0 Å². The van der Waals surface area contributed by atoms with E-state index in [4.69, 9.17) is 16.3 Å². The van der Waals surface area contributed by atoms with E-state index in [2.05, 4.69) is 20.3 Å². The predicted molar refractivity (Wildman–Crippen MR) is 84.6 cm³/mol. The molecule has 0 radical (unpaired) electrons. The van der Waals surface area contributed by atoms with Crippen molar-refractivity contribution in [2.45, 2.75) is 6.43 Å². The molecule has 3 aromatic heterocycles. The van der Waals surface area contributed by atoms with Gasteiger partial charge in [0.05, 0.1) is 23.8 Å². The van der Waals surface area contributed by atoms with Crippen molar-refractivity contribution in [1.29, 1.82) is 0 Å². The summed E-state index contributed by atoms with van der Waals surface area (Å²) in [7, 11) is 1.49. The van der Waals surface area contributed by atoms with Gasteiger partial charge in [0.2, 0.25) is 5.82 Å². The summed E-state index contributed by atoms with van der Waals surface area (Å²) in [4.78, 5) is 3.84. The number of aromatic nitrogens is 5. The largest absolute Gasteiger partial charge is 0.494 e. The number of ether oxygens (including phenoxy) is 1. The molecule has 0 amide bonds. The van der Waals surface area contributed by atoms with Gasteiger partial charge in [0.25, 0.3) is 6.43 Å². The van der Waals surface area contributed by atoms with Crippen molar-refractivity contribution in [1.82, 2.24) is 24.8 Å². The highest BCUT2D eigenvalue weighted by atomic mass is 35.5. The molecule has 122 valence electrons. The van der Waals surface area contributed by atoms with Crippen LogP contribution in [0.3, 0.4) is 0 Å². The number of nitrogens with one attached hydrogen (secondary N) is 1. The lowest BCUT2D eigenvalue weighted by molar-refractivity contribution is 0.140. The zero-order valence-electron chi connectivity index (χ0n) is 12.3. The average Bonchev–Trinajstić information content (AvgIpc) is 3.20. The molecule has 1 aromatic carbocycles. The third kappa shape index (κ3) is 2.18. The van der Waals surface area contributed by atoms with Crippen LogP contribution in [0.4, 0.5) is 8.78 Å². The van der Waals surface area contributed by atoms with Crippen molar-refractivity contribution < 1.29 is 13.5 Å². The normalized spacial score (nSPS) is 11.7. The van der Waals surface area contributed by atoms with E-state index in [-0.39, 0.29) is 0 Å². The van der Waals surface area contributed by atoms with Gasteiger partial charge in [0.1, 0.15) is 11.4 Å². The number of hydrogen-bond acceptors (Lipinski definition) is 4. The van der Waals surface area contributed by atoms with E-state index in [1.807, 2.05) is 6.07 Å². The van der Waals surface area contributed by atoms with Gasteiger partial charge in [-0.1, -0.05) is 11.6 Å². The quantitative estimate of drug-likeness (QED) is 0.609. The minimum atomic E-state index is -2.76. The Labute approximate surface area is 139 Å². The zero-order valence-corrected chi connectivity index (χ0v) is 13.1. The number of methoxy groups -OCH3 is 1. The zero-order chi connectivity index (χ0) is 16.8. The fourth-order valence-corrected chi connectivity index (χ4v) is 2.89. The topological polar surface area (TPSA) is 68.1 Å². The van der Waals surface area contributed by atoms with E-state index in [0.717, 1.165) is 5.39 Å². The molecular weight excluding hydrogens is 340 g/mol. The third-order valence-corrected chi connectivity index (χ3v) is 3.96. The van der Waals surface area contributed by atoms with Crippen molar-refractivity contribution in [3.05, 3.63) is 41.3 Å². The monoisotopic (exact) mass is 349 g/mol. The smallest absolute Gasteiger partial charge is 0.299 e. The fraction of sp³-hybridized carbons (Fsp3) is 0.133. The summed E-state index contributed by atoms with van der Waals surface area (Å²) >= 11 is 6.28. The van der Waals surface area contributed by atoms with Gasteiger partial charge in [0, 0.05) is 10.9 Å². The Hall–Kier alpha value is -2.74. The van der Waals surface area contributed by atoms with Crippen LogP contribution < -0.4 is 4.74 Å². The van der Waals surface area contributed by atoms with E-state index in [0.29, 0.717) is 33.2 Å². The Morgan fingerprint density at radius 2 is 2.12 bits per heavy atom. The Kier molecular flexibility index (Phi) is 3.34. The standard InChI is InChI=1S/C15H10ClF2N5O/c1-24-10-2-3-11-20-15(14(17)18)22-23(11)13(10)7-4-8-6-19-21-12(8)9(16)5-7/h2-6,14H,1H3,(H,19,21). The highest BCUT2D eigenvalue weighted by molar-refractivity contribution is 6.35. The summed E-state index contributed by atoms with van der Waals surface area (Å²) in [5.74, 6) is -0.0767. The summed E-state index contributed by atoms with van der Waals surface area (Å²) in [6.45, 7) is 0. The number of fused-ring (bicyclic) bond motifs is 2. The number of pyridine rings is 1. The second kappa shape index (κ2) is 5.41. The number of hydrogen-bond donors (Lipinski definition) is 1. The Morgan fingerprint density at radius 3 is 2.88 bits per heavy atom. The molecular formula is C15H10ClF2N5O. The lowest BCUT2D eigenvalue weighted by Crippen LogP contribution is -1.99. The van der Waals surface area contributed by atoms with Gasteiger partial charge < -0.3 is 4.74 Å². The second-order valence-corrected chi connectivity index (χ2v) is 5.49. The minimum Gasteiger partial charge on any atom is -0.494 e. The molecule has 6 nitrogen and oxygen atoms in total. The Bertz CT molecular complexity index is 1060. The van der Waals surface area contributed by atoms with E-state index in [9.17, 15) is 8.78 Å². The average molecular weight is 350 g/mol. The molecule has 3 heterocycles. The number of rotatable bonds is 3. The van der Waals surface area contributed by atoms with E-state index >= 15 is 0 Å². The Morgan fingerprint density at radius 1 is 1.29 bits per heavy atom. The maximum absolute atomic E-state index is 12.9. The fourth-order valence-electron chi connectivity index (χ4n) is 2.62. The highest BCUT2D eigenvalue weighted by Crippen LogP contribution is 2.35. The van der Waals surface area contributed by atoms with Crippen molar-refractivity contribution in [3.8, 4) is 17.0 Å². The molecule has 0 saturated carbocycles. The summed E-state index contributed by atoms with van der Waals surface area (Å²) in [6, 6.07) is 6.75. The van der Waals surface area contributed by atoms with Crippen LogP contribution in [-0.2, 0) is 0 Å². The van der Waals surface area contributed by atoms with Crippen LogP contribution in [0.15, 0.2) is 30.5 Å². The molecule has 0 atom stereocenters. The van der Waals surface area contributed by atoms with Crippen LogP contribution in [0, 0.1) is 0 Å². The van der Waals surface area contributed by atoms with Gasteiger partial charge in [-0.2, -0.15) is 5.10 Å². The molecule has 0 spiro atoms. The maximum Gasteiger partial charge on any atom is 0.299 e. The van der Waals surface area contributed by atoms with Crippen LogP contribution in [0.1, 0.15) is 12.2 Å². The molecule has 0 fully saturated rings. The first-order chi connectivity index (χ1) is 11.6. The number of alkyl halides is 2. The summed E-state index contributed by atoms with van der Waals surface area (Å²) in [5, 5.41) is 11.9. The van der Waals surface area contributed by atoms with E-state index in [1.54, 1.807) is 24.4 Å². The third-order valence-electron chi connectivity index (χ3n) is 3.67. The van der Waals surface area contributed by atoms with Crippen molar-refractivity contribution >= 4 is 28.2 Å². The van der Waals surface area contributed by atoms with Gasteiger partial charge in [-0.15, -0.1) is 5.10 Å². The molecule has 0 aliphatic carbocycles. The molecule has 4 rings (SSSR count). The first-order valence-electron chi connectivity index (χ1n) is 6.93. The maximum atomic E-state index is 12.9. The van der Waals surface area contributed by atoms with Gasteiger partial charge in [-0.3, -0.25) is 5.10 Å². The lowest BCUT2D eigenvalue weighted by Gasteiger charge is -2.11. The molecule has 0 aliphatic rings. The summed E-state index contributed by atoms with van der Waals surface area (Å²) in [5.41, 5.74) is 2.13. The van der Waals surface area contributed by atoms with Crippen molar-refractivity contribution in [3.63, 3.8) is 0 Å². The van der Waals surface area contributed by atoms with Crippen molar-refractivity contribution in [2.75, 3.05) is 7.11 Å². The number of halogens is 3. The molecule has 0 unspecified atom stereocenters. The Balaban J connectivity index is 2.05. The van der Waals surface area contributed by atoms with Crippen LogP contribution >= 0.6 is 11.6 Å². The van der Waals surface area contributed by atoms with Gasteiger partial charge in [0.15, 0.2) is 5.65 Å². The van der Waals surface area contributed by atoms with Gasteiger partial charge in [-0.05, 0) is 24.3 Å². The van der Waals surface area contributed by atoms with Crippen LogP contribution in [0.5, 0.6) is 5.75 Å². The molecule has 9 heteroatoms. The van der Waals surface area contributed by atoms with E-state index in [1.165, 1.54) is 11.6 Å². The molecule has 24 heavy (non-hydrogen) atoms. The molecule has 0 aliphatic heterocycles. The molecule has 4 aromatic rings. The first-order valence-corrected chi connectivity index (χ1v) is 7.31. The van der Waals surface area contributed by atoms with Gasteiger partial charge in [-0.25, -0.2) is 18.3 Å². The molecule has 1 N–H and O–H groups in total. The summed E-state index contributed by atoms with van der Waals surface area (Å²) < 4.78 is 32.6. The predicted octanol–water partition coefficient (Wildman–Crippen LogP) is 3.87. The van der Waals surface area contributed by atoms with Crippen molar-refractivity contribution in [2.24, 2.45) is 0 Å². The minimum absolute atomic E-state index is 0.296. The summed E-state index contributed by atoms with van der Waals surface area (Å²) in [6.07, 6.45) is -1.13. The molecule has 0 bridgehead atoms. The second-order valence-electron chi connectivity index (χ2n) is 5.08.